The van der Waals surface area contributed by atoms with Gasteiger partial charge in [0.2, 0.25) is 0 Å². The van der Waals surface area contributed by atoms with E-state index < -0.39 is 0 Å². The SMILES string of the molecule is CC#CCNC1CCCN(CC)CC1. The van der Waals surface area contributed by atoms with Crippen LogP contribution in [0.25, 0.3) is 0 Å². The van der Waals surface area contributed by atoms with Gasteiger partial charge in [-0.25, -0.2) is 0 Å². The zero-order valence-electron chi connectivity index (χ0n) is 9.47. The minimum Gasteiger partial charge on any atom is -0.304 e. The molecule has 0 radical (unpaired) electrons. The van der Waals surface area contributed by atoms with Crippen molar-refractivity contribution in [2.75, 3.05) is 26.2 Å². The molecule has 0 amide bonds. The highest BCUT2D eigenvalue weighted by Gasteiger charge is 2.14. The van der Waals surface area contributed by atoms with Crippen molar-refractivity contribution in [1.29, 1.82) is 0 Å². The molecule has 14 heavy (non-hydrogen) atoms. The summed E-state index contributed by atoms with van der Waals surface area (Å²) in [6.45, 7) is 8.71. The van der Waals surface area contributed by atoms with E-state index in [0.29, 0.717) is 6.04 Å². The van der Waals surface area contributed by atoms with Crippen LogP contribution in [-0.2, 0) is 0 Å². The molecule has 1 heterocycles. The molecule has 80 valence electrons. The zero-order chi connectivity index (χ0) is 10.2. The number of nitrogens with zero attached hydrogens (tertiary/aromatic N) is 1. The Morgan fingerprint density at radius 3 is 2.93 bits per heavy atom. The molecule has 1 N–H and O–H groups in total. The number of hydrogen-bond acceptors (Lipinski definition) is 2. The number of likely N-dealkylation sites (tertiary alicyclic amines) is 1. The van der Waals surface area contributed by atoms with Gasteiger partial charge in [0.15, 0.2) is 0 Å². The third-order valence-electron chi connectivity index (χ3n) is 2.92. The largest absolute Gasteiger partial charge is 0.304 e. The second-order valence-corrected chi connectivity index (χ2v) is 3.87. The van der Waals surface area contributed by atoms with Gasteiger partial charge in [-0.2, -0.15) is 0 Å². The maximum Gasteiger partial charge on any atom is 0.0578 e. The van der Waals surface area contributed by atoms with Crippen LogP contribution in [0.4, 0.5) is 0 Å². The van der Waals surface area contributed by atoms with Crippen LogP contribution in [0.3, 0.4) is 0 Å². The molecule has 0 aromatic heterocycles. The van der Waals surface area contributed by atoms with Crippen molar-refractivity contribution in [3.63, 3.8) is 0 Å². The molecular weight excluding hydrogens is 172 g/mol. The zero-order valence-corrected chi connectivity index (χ0v) is 9.47. The fraction of sp³-hybridized carbons (Fsp3) is 0.833. The molecule has 2 nitrogen and oxygen atoms in total. The topological polar surface area (TPSA) is 15.3 Å². The van der Waals surface area contributed by atoms with Gasteiger partial charge in [-0.1, -0.05) is 12.8 Å². The Bertz CT molecular complexity index is 202. The lowest BCUT2D eigenvalue weighted by Gasteiger charge is -2.17. The van der Waals surface area contributed by atoms with Gasteiger partial charge in [-0.05, 0) is 45.8 Å². The molecule has 0 bridgehead atoms. The first-order valence-corrected chi connectivity index (χ1v) is 5.72. The van der Waals surface area contributed by atoms with Crippen LogP contribution in [0.5, 0.6) is 0 Å². The van der Waals surface area contributed by atoms with Crippen LogP contribution in [0.1, 0.15) is 33.1 Å². The normalized spacial score (nSPS) is 23.7. The highest BCUT2D eigenvalue weighted by molar-refractivity contribution is 4.97. The van der Waals surface area contributed by atoms with E-state index in [1.807, 2.05) is 6.92 Å². The molecular formula is C12H22N2. The number of hydrogen-bond donors (Lipinski definition) is 1. The fourth-order valence-electron chi connectivity index (χ4n) is 1.96. The van der Waals surface area contributed by atoms with Gasteiger partial charge in [0.05, 0.1) is 6.54 Å². The summed E-state index contributed by atoms with van der Waals surface area (Å²) in [4.78, 5) is 2.53. The van der Waals surface area contributed by atoms with E-state index in [9.17, 15) is 0 Å². The first kappa shape index (κ1) is 11.6. The third kappa shape index (κ3) is 4.13. The number of rotatable bonds is 3. The van der Waals surface area contributed by atoms with Crippen LogP contribution in [0.2, 0.25) is 0 Å². The Balaban J connectivity index is 2.22. The Labute approximate surface area is 88.1 Å². The van der Waals surface area contributed by atoms with Gasteiger partial charge in [0.25, 0.3) is 0 Å². The van der Waals surface area contributed by atoms with E-state index in [4.69, 9.17) is 0 Å². The van der Waals surface area contributed by atoms with E-state index in [-0.39, 0.29) is 0 Å². The predicted octanol–water partition coefficient (Wildman–Crippen LogP) is 1.47. The molecule has 0 spiro atoms. The monoisotopic (exact) mass is 194 g/mol. The summed E-state index contributed by atoms with van der Waals surface area (Å²) in [5.74, 6) is 5.99. The van der Waals surface area contributed by atoms with Crippen molar-refractivity contribution in [2.45, 2.75) is 39.2 Å². The smallest absolute Gasteiger partial charge is 0.0578 e. The highest BCUT2D eigenvalue weighted by Crippen LogP contribution is 2.10. The van der Waals surface area contributed by atoms with Crippen LogP contribution in [-0.4, -0.2) is 37.1 Å². The van der Waals surface area contributed by atoms with E-state index >= 15 is 0 Å². The minimum absolute atomic E-state index is 0.687. The van der Waals surface area contributed by atoms with Crippen LogP contribution >= 0.6 is 0 Å². The lowest BCUT2D eigenvalue weighted by Crippen LogP contribution is -2.31. The summed E-state index contributed by atoms with van der Waals surface area (Å²) < 4.78 is 0. The van der Waals surface area contributed by atoms with Crippen LogP contribution < -0.4 is 5.32 Å². The van der Waals surface area contributed by atoms with Gasteiger partial charge in [0, 0.05) is 6.04 Å². The molecule has 1 unspecified atom stereocenters. The van der Waals surface area contributed by atoms with E-state index in [2.05, 4.69) is 29.0 Å². The molecule has 1 fully saturated rings. The summed E-state index contributed by atoms with van der Waals surface area (Å²) in [5, 5.41) is 3.51. The van der Waals surface area contributed by atoms with E-state index in [0.717, 1.165) is 6.54 Å². The molecule has 0 aromatic rings. The molecule has 0 saturated carbocycles. The van der Waals surface area contributed by atoms with Gasteiger partial charge in [-0.15, -0.1) is 5.92 Å². The van der Waals surface area contributed by atoms with Crippen molar-refractivity contribution >= 4 is 0 Å². The lowest BCUT2D eigenvalue weighted by molar-refractivity contribution is 0.297. The Morgan fingerprint density at radius 1 is 1.36 bits per heavy atom. The lowest BCUT2D eigenvalue weighted by atomic mass is 10.1. The van der Waals surface area contributed by atoms with Gasteiger partial charge >= 0.3 is 0 Å². The van der Waals surface area contributed by atoms with Gasteiger partial charge < -0.3 is 10.2 Å². The quantitative estimate of drug-likeness (QED) is 0.685. The van der Waals surface area contributed by atoms with Crippen molar-refractivity contribution in [2.24, 2.45) is 0 Å². The summed E-state index contributed by atoms with van der Waals surface area (Å²) >= 11 is 0. The first-order chi connectivity index (χ1) is 6.86. The van der Waals surface area contributed by atoms with Gasteiger partial charge in [-0.3, -0.25) is 0 Å². The van der Waals surface area contributed by atoms with Crippen molar-refractivity contribution < 1.29 is 0 Å². The predicted molar refractivity (Wildman–Crippen MR) is 61.2 cm³/mol. The van der Waals surface area contributed by atoms with Crippen molar-refractivity contribution in [3.05, 3.63) is 0 Å². The molecule has 1 atom stereocenters. The standard InChI is InChI=1S/C12H22N2/c1-3-5-9-13-12-7-6-10-14(4-2)11-8-12/h12-13H,4,6-11H2,1-2H3. The summed E-state index contributed by atoms with van der Waals surface area (Å²) in [7, 11) is 0. The van der Waals surface area contributed by atoms with E-state index in [1.165, 1.54) is 38.9 Å². The third-order valence-corrected chi connectivity index (χ3v) is 2.92. The second-order valence-electron chi connectivity index (χ2n) is 3.87. The average molecular weight is 194 g/mol. The Hall–Kier alpha value is -0.520. The fourth-order valence-corrected chi connectivity index (χ4v) is 1.96. The molecule has 1 aliphatic rings. The number of nitrogens with one attached hydrogen (secondary N) is 1. The molecule has 1 rings (SSSR count). The summed E-state index contributed by atoms with van der Waals surface area (Å²) in [6.07, 6.45) is 3.91. The molecule has 2 heteroatoms. The Kier molecular flexibility index (Phi) is 5.66. The average Bonchev–Trinajstić information content (AvgIpc) is 2.43. The maximum absolute atomic E-state index is 3.51. The van der Waals surface area contributed by atoms with Crippen molar-refractivity contribution in [3.8, 4) is 11.8 Å². The van der Waals surface area contributed by atoms with Crippen LogP contribution in [0, 0.1) is 11.8 Å². The second kappa shape index (κ2) is 6.86. The molecule has 0 aliphatic carbocycles. The highest BCUT2D eigenvalue weighted by atomic mass is 15.1. The summed E-state index contributed by atoms with van der Waals surface area (Å²) in [5.41, 5.74) is 0. The molecule has 1 saturated heterocycles. The van der Waals surface area contributed by atoms with E-state index in [1.54, 1.807) is 0 Å². The van der Waals surface area contributed by atoms with Crippen LogP contribution in [0.15, 0.2) is 0 Å². The molecule has 1 aliphatic heterocycles. The first-order valence-electron chi connectivity index (χ1n) is 5.72. The Morgan fingerprint density at radius 2 is 2.21 bits per heavy atom. The molecule has 0 aromatic carbocycles. The maximum atomic E-state index is 3.51. The summed E-state index contributed by atoms with van der Waals surface area (Å²) in [6, 6.07) is 0.687. The van der Waals surface area contributed by atoms with Gasteiger partial charge in [0.1, 0.15) is 0 Å². The minimum atomic E-state index is 0.687. The van der Waals surface area contributed by atoms with Crippen molar-refractivity contribution in [1.82, 2.24) is 10.2 Å².